The van der Waals surface area contributed by atoms with Crippen molar-refractivity contribution in [3.8, 4) is 0 Å². The van der Waals surface area contributed by atoms with E-state index in [-0.39, 0.29) is 11.9 Å². The van der Waals surface area contributed by atoms with Crippen molar-refractivity contribution in [3.63, 3.8) is 0 Å². The lowest BCUT2D eigenvalue weighted by molar-refractivity contribution is -0.117. The zero-order valence-corrected chi connectivity index (χ0v) is 16.3. The van der Waals surface area contributed by atoms with Crippen molar-refractivity contribution in [2.75, 3.05) is 18.4 Å². The highest BCUT2D eigenvalue weighted by atomic mass is 79.9. The standard InChI is InChI=1S/C19H25BrN4O/c1-13-10-18(23-22-13)15-6-8-24(9-7-15)14(2)11-19(25)21-17-5-3-4-16(20)12-17/h3-5,10,12,14-15H,6-9,11H2,1-2H3,(H,21,25)(H,22,23)/t14-/m0/s1. The minimum absolute atomic E-state index is 0.0654. The van der Waals surface area contributed by atoms with Gasteiger partial charge in [-0.25, -0.2) is 0 Å². The first-order valence-electron chi connectivity index (χ1n) is 8.82. The molecule has 3 rings (SSSR count). The number of piperidine rings is 1. The van der Waals surface area contributed by atoms with E-state index in [0.29, 0.717) is 12.3 Å². The third-order valence-electron chi connectivity index (χ3n) is 4.89. The second-order valence-electron chi connectivity index (χ2n) is 6.90. The van der Waals surface area contributed by atoms with Crippen molar-refractivity contribution < 1.29 is 4.79 Å². The van der Waals surface area contributed by atoms with Crippen LogP contribution in [0.25, 0.3) is 0 Å². The number of carbonyl (C=O) groups is 1. The van der Waals surface area contributed by atoms with Gasteiger partial charge in [0.25, 0.3) is 0 Å². The zero-order valence-electron chi connectivity index (χ0n) is 14.8. The Hall–Kier alpha value is -1.66. The van der Waals surface area contributed by atoms with Crippen molar-refractivity contribution >= 4 is 27.5 Å². The van der Waals surface area contributed by atoms with Crippen LogP contribution in [0, 0.1) is 6.92 Å². The molecule has 2 aromatic rings. The molecule has 2 N–H and O–H groups in total. The molecule has 25 heavy (non-hydrogen) atoms. The van der Waals surface area contributed by atoms with Crippen LogP contribution in [0.2, 0.25) is 0 Å². The van der Waals surface area contributed by atoms with Gasteiger partial charge >= 0.3 is 0 Å². The molecule has 0 bridgehead atoms. The summed E-state index contributed by atoms with van der Waals surface area (Å²) in [6.45, 7) is 6.21. The van der Waals surface area contributed by atoms with E-state index in [1.807, 2.05) is 31.2 Å². The van der Waals surface area contributed by atoms with Crippen LogP contribution in [-0.4, -0.2) is 40.1 Å². The Balaban J connectivity index is 1.47. The molecule has 0 spiro atoms. The van der Waals surface area contributed by atoms with Crippen LogP contribution < -0.4 is 5.32 Å². The molecule has 5 nitrogen and oxygen atoms in total. The minimum atomic E-state index is 0.0654. The average molecular weight is 405 g/mol. The second kappa shape index (κ2) is 8.15. The Morgan fingerprint density at radius 3 is 2.80 bits per heavy atom. The molecule has 1 saturated heterocycles. The molecule has 6 heteroatoms. The van der Waals surface area contributed by atoms with E-state index in [1.165, 1.54) is 5.69 Å². The molecule has 1 fully saturated rings. The number of aromatic amines is 1. The highest BCUT2D eigenvalue weighted by molar-refractivity contribution is 9.10. The third-order valence-corrected chi connectivity index (χ3v) is 5.38. The van der Waals surface area contributed by atoms with Crippen molar-refractivity contribution in [2.24, 2.45) is 0 Å². The Morgan fingerprint density at radius 1 is 1.40 bits per heavy atom. The number of halogens is 1. The van der Waals surface area contributed by atoms with Crippen molar-refractivity contribution in [2.45, 2.75) is 45.1 Å². The number of amides is 1. The number of H-pyrrole nitrogens is 1. The van der Waals surface area contributed by atoms with Gasteiger partial charge < -0.3 is 10.2 Å². The number of aromatic nitrogens is 2. The Labute approximate surface area is 157 Å². The fourth-order valence-corrected chi connectivity index (χ4v) is 3.86. The maximum absolute atomic E-state index is 12.3. The Morgan fingerprint density at radius 2 is 2.16 bits per heavy atom. The fraction of sp³-hybridized carbons (Fsp3) is 0.474. The molecule has 0 unspecified atom stereocenters. The summed E-state index contributed by atoms with van der Waals surface area (Å²) in [6, 6.07) is 10.1. The maximum atomic E-state index is 12.3. The van der Waals surface area contributed by atoms with Crippen LogP contribution >= 0.6 is 15.9 Å². The van der Waals surface area contributed by atoms with Gasteiger partial charge in [0.2, 0.25) is 5.91 Å². The SMILES string of the molecule is Cc1cc(C2CCN([C@@H](C)CC(=O)Nc3cccc(Br)c3)CC2)n[nH]1. The lowest BCUT2D eigenvalue weighted by Gasteiger charge is -2.35. The van der Waals surface area contributed by atoms with E-state index in [1.54, 1.807) is 0 Å². The van der Waals surface area contributed by atoms with Crippen LogP contribution in [0.3, 0.4) is 0 Å². The summed E-state index contributed by atoms with van der Waals surface area (Å²) in [4.78, 5) is 14.7. The summed E-state index contributed by atoms with van der Waals surface area (Å²) < 4.78 is 0.967. The van der Waals surface area contributed by atoms with E-state index in [9.17, 15) is 4.79 Å². The van der Waals surface area contributed by atoms with Crippen LogP contribution in [-0.2, 0) is 4.79 Å². The first kappa shape index (κ1) is 18.1. The van der Waals surface area contributed by atoms with Gasteiger partial charge in [-0.1, -0.05) is 22.0 Å². The summed E-state index contributed by atoms with van der Waals surface area (Å²) in [5, 5.41) is 10.4. The maximum Gasteiger partial charge on any atom is 0.225 e. The topological polar surface area (TPSA) is 61.0 Å². The molecule has 1 aliphatic rings. The quantitative estimate of drug-likeness (QED) is 0.788. The minimum Gasteiger partial charge on any atom is -0.326 e. The number of hydrogen-bond acceptors (Lipinski definition) is 3. The summed E-state index contributed by atoms with van der Waals surface area (Å²) in [6.07, 6.45) is 2.71. The lowest BCUT2D eigenvalue weighted by atomic mass is 9.92. The van der Waals surface area contributed by atoms with E-state index < -0.39 is 0 Å². The highest BCUT2D eigenvalue weighted by Crippen LogP contribution is 2.28. The Kier molecular flexibility index (Phi) is 5.91. The number of anilines is 1. The van der Waals surface area contributed by atoms with E-state index >= 15 is 0 Å². The number of nitrogens with zero attached hydrogens (tertiary/aromatic N) is 2. The number of rotatable bonds is 5. The molecule has 1 aromatic carbocycles. The third kappa shape index (κ3) is 4.92. The lowest BCUT2D eigenvalue weighted by Crippen LogP contribution is -2.41. The number of aryl methyl sites for hydroxylation is 1. The first-order chi connectivity index (χ1) is 12.0. The summed E-state index contributed by atoms with van der Waals surface area (Å²) in [7, 11) is 0. The number of hydrogen-bond donors (Lipinski definition) is 2. The number of nitrogens with one attached hydrogen (secondary N) is 2. The molecule has 134 valence electrons. The Bertz CT molecular complexity index is 722. The molecule has 0 radical (unpaired) electrons. The molecule has 1 aliphatic heterocycles. The van der Waals surface area contributed by atoms with Crippen LogP contribution in [0.15, 0.2) is 34.8 Å². The summed E-state index contributed by atoms with van der Waals surface area (Å²) in [5.74, 6) is 0.597. The van der Waals surface area contributed by atoms with Gasteiger partial charge in [-0.15, -0.1) is 0 Å². The predicted octanol–water partition coefficient (Wildman–Crippen LogP) is 4.08. The van der Waals surface area contributed by atoms with Crippen molar-refractivity contribution in [1.29, 1.82) is 0 Å². The summed E-state index contributed by atoms with van der Waals surface area (Å²) in [5.41, 5.74) is 3.13. The van der Waals surface area contributed by atoms with Crippen molar-refractivity contribution in [1.82, 2.24) is 15.1 Å². The average Bonchev–Trinajstić information content (AvgIpc) is 3.01. The first-order valence-corrected chi connectivity index (χ1v) is 9.62. The zero-order chi connectivity index (χ0) is 17.8. The van der Waals surface area contributed by atoms with Gasteiger partial charge in [0, 0.05) is 34.2 Å². The van der Waals surface area contributed by atoms with Gasteiger partial charge in [-0.05, 0) is 64.0 Å². The van der Waals surface area contributed by atoms with Crippen molar-refractivity contribution in [3.05, 3.63) is 46.2 Å². The molecule has 0 saturated carbocycles. The van der Waals surface area contributed by atoms with E-state index in [4.69, 9.17) is 0 Å². The van der Waals surface area contributed by atoms with Gasteiger partial charge in [0.15, 0.2) is 0 Å². The second-order valence-corrected chi connectivity index (χ2v) is 7.81. The molecular formula is C19H25BrN4O. The molecule has 0 aliphatic carbocycles. The van der Waals surface area contributed by atoms with Crippen LogP contribution in [0.4, 0.5) is 5.69 Å². The van der Waals surface area contributed by atoms with Gasteiger partial charge in [-0.2, -0.15) is 5.10 Å². The number of benzene rings is 1. The monoisotopic (exact) mass is 404 g/mol. The van der Waals surface area contributed by atoms with Gasteiger partial charge in [0.1, 0.15) is 0 Å². The normalized spacial score (nSPS) is 17.4. The van der Waals surface area contributed by atoms with Crippen LogP contribution in [0.5, 0.6) is 0 Å². The van der Waals surface area contributed by atoms with Gasteiger partial charge in [-0.3, -0.25) is 9.89 Å². The highest BCUT2D eigenvalue weighted by Gasteiger charge is 2.26. The summed E-state index contributed by atoms with van der Waals surface area (Å²) >= 11 is 3.42. The predicted molar refractivity (Wildman–Crippen MR) is 104 cm³/mol. The smallest absolute Gasteiger partial charge is 0.225 e. The fourth-order valence-electron chi connectivity index (χ4n) is 3.46. The van der Waals surface area contributed by atoms with Crippen LogP contribution in [0.1, 0.15) is 43.5 Å². The molecule has 1 atom stereocenters. The molecule has 1 amide bonds. The largest absolute Gasteiger partial charge is 0.326 e. The molecule has 2 heterocycles. The van der Waals surface area contributed by atoms with Gasteiger partial charge in [0.05, 0.1) is 5.69 Å². The molecule has 1 aromatic heterocycles. The van der Waals surface area contributed by atoms with E-state index in [2.05, 4.69) is 49.3 Å². The molecular weight excluding hydrogens is 380 g/mol. The number of likely N-dealkylation sites (tertiary alicyclic amines) is 1. The number of carbonyl (C=O) groups excluding carboxylic acids is 1. The van der Waals surface area contributed by atoms with E-state index in [0.717, 1.165) is 41.8 Å².